The maximum atomic E-state index is 13.4. The number of halogens is 2. The summed E-state index contributed by atoms with van der Waals surface area (Å²) in [6, 6.07) is 13.0. The van der Waals surface area contributed by atoms with Gasteiger partial charge in [0.15, 0.2) is 0 Å². The van der Waals surface area contributed by atoms with Crippen LogP contribution in [0.5, 0.6) is 5.75 Å². The Bertz CT molecular complexity index is 807. The summed E-state index contributed by atoms with van der Waals surface area (Å²) in [5.41, 5.74) is 0.876. The Morgan fingerprint density at radius 1 is 1.10 bits per heavy atom. The second-order valence-corrected chi connectivity index (χ2v) is 6.11. The van der Waals surface area contributed by atoms with Crippen LogP contribution in [0.1, 0.15) is 15.9 Å². The van der Waals surface area contributed by atoms with Crippen LogP contribution in [0.3, 0.4) is 0 Å². The lowest BCUT2D eigenvalue weighted by Crippen LogP contribution is -2.39. The number of methoxy groups -OCH3 is 1. The number of hydrogen-bond acceptors (Lipinski definition) is 6. The lowest BCUT2D eigenvalue weighted by Gasteiger charge is -2.22. The van der Waals surface area contributed by atoms with Crippen LogP contribution in [0.25, 0.3) is 0 Å². The first kappa shape index (κ1) is 25.2. The lowest BCUT2D eigenvalue weighted by atomic mass is 10.2. The molecule has 2 aromatic rings. The molecule has 0 saturated carbocycles. The molecule has 2 rings (SSSR count). The molecule has 30 heavy (non-hydrogen) atoms. The third-order valence-electron chi connectivity index (χ3n) is 4.06. The van der Waals surface area contributed by atoms with Gasteiger partial charge in [-0.2, -0.15) is 0 Å². The number of carbonyl (C=O) groups excluding carboxylic acids is 2. The van der Waals surface area contributed by atoms with Gasteiger partial charge in [0.2, 0.25) is 0 Å². The molecule has 1 amide bonds. The number of nitrogens with one attached hydrogen (secondary N) is 1. The smallest absolute Gasteiger partial charge is 0.410 e. The third-order valence-corrected chi connectivity index (χ3v) is 4.06. The van der Waals surface area contributed by atoms with E-state index in [2.05, 4.69) is 10.1 Å². The van der Waals surface area contributed by atoms with Gasteiger partial charge < -0.3 is 24.4 Å². The van der Waals surface area contributed by atoms with Gasteiger partial charge in [-0.15, -0.1) is 12.4 Å². The lowest BCUT2D eigenvalue weighted by molar-refractivity contribution is 0.0593. The van der Waals surface area contributed by atoms with Crippen LogP contribution in [0, 0.1) is 5.82 Å². The first-order chi connectivity index (χ1) is 14.0. The van der Waals surface area contributed by atoms with Crippen molar-refractivity contribution in [3.05, 3.63) is 65.5 Å². The number of carbonyl (C=O) groups is 2. The number of amides is 1. The Morgan fingerprint density at radius 2 is 1.83 bits per heavy atom. The molecule has 0 aliphatic heterocycles. The molecule has 0 bridgehead atoms. The number of esters is 1. The topological polar surface area (TPSA) is 77.1 Å². The fraction of sp³-hybridized carbons (Fsp3) is 0.333. The minimum absolute atomic E-state index is 0. The molecule has 7 nitrogen and oxygen atoms in total. The first-order valence-electron chi connectivity index (χ1n) is 9.16. The van der Waals surface area contributed by atoms with E-state index in [0.29, 0.717) is 13.1 Å². The quantitative estimate of drug-likeness (QED) is 0.571. The van der Waals surface area contributed by atoms with Gasteiger partial charge in [0, 0.05) is 13.1 Å². The Balaban J connectivity index is 0.00000450. The van der Waals surface area contributed by atoms with Gasteiger partial charge >= 0.3 is 12.1 Å². The van der Waals surface area contributed by atoms with E-state index in [4.69, 9.17) is 9.47 Å². The van der Waals surface area contributed by atoms with Crippen molar-refractivity contribution >= 4 is 24.5 Å². The number of rotatable bonds is 10. The van der Waals surface area contributed by atoms with Gasteiger partial charge in [0.05, 0.1) is 13.7 Å². The Hall–Kier alpha value is -2.84. The fourth-order valence-corrected chi connectivity index (χ4v) is 2.52. The molecule has 0 spiro atoms. The van der Waals surface area contributed by atoms with E-state index in [0.717, 1.165) is 11.6 Å². The Morgan fingerprint density at radius 3 is 2.50 bits per heavy atom. The second kappa shape index (κ2) is 13.4. The van der Waals surface area contributed by atoms with Gasteiger partial charge in [-0.25, -0.2) is 14.0 Å². The molecular formula is C21H26ClFN2O5. The van der Waals surface area contributed by atoms with Crippen LogP contribution < -0.4 is 10.1 Å². The van der Waals surface area contributed by atoms with E-state index in [9.17, 15) is 14.0 Å². The summed E-state index contributed by atoms with van der Waals surface area (Å²) in [7, 11) is 2.99. The normalized spacial score (nSPS) is 9.97. The molecule has 164 valence electrons. The third kappa shape index (κ3) is 7.88. The molecule has 0 aromatic heterocycles. The molecule has 0 fully saturated rings. The van der Waals surface area contributed by atoms with Crippen molar-refractivity contribution < 1.29 is 28.2 Å². The second-order valence-electron chi connectivity index (χ2n) is 6.11. The van der Waals surface area contributed by atoms with E-state index >= 15 is 0 Å². The highest BCUT2D eigenvalue weighted by molar-refractivity contribution is 5.92. The van der Waals surface area contributed by atoms with Crippen LogP contribution in [-0.4, -0.2) is 57.4 Å². The number of likely N-dealkylation sites (N-methyl/N-ethyl adjacent to an activating group) is 1. The molecule has 0 radical (unpaired) electrons. The van der Waals surface area contributed by atoms with Crippen molar-refractivity contribution in [1.29, 1.82) is 0 Å². The Labute approximate surface area is 181 Å². The van der Waals surface area contributed by atoms with Crippen molar-refractivity contribution in [2.75, 3.05) is 40.4 Å². The Kier molecular flexibility index (Phi) is 11.3. The zero-order valence-electron chi connectivity index (χ0n) is 16.9. The molecule has 0 atom stereocenters. The molecule has 9 heteroatoms. The van der Waals surface area contributed by atoms with E-state index in [1.165, 1.54) is 24.1 Å². The highest BCUT2D eigenvalue weighted by atomic mass is 35.5. The average Bonchev–Trinajstić information content (AvgIpc) is 2.75. The van der Waals surface area contributed by atoms with Crippen LogP contribution in [0.15, 0.2) is 48.5 Å². The highest BCUT2D eigenvalue weighted by Gasteiger charge is 2.17. The SMILES string of the molecule is CNCCN(CCOc1ccc(F)cc1C(=O)OC)C(=O)OCc1ccccc1.Cl. The maximum absolute atomic E-state index is 13.4. The summed E-state index contributed by atoms with van der Waals surface area (Å²) in [5.74, 6) is -1.09. The number of hydrogen-bond donors (Lipinski definition) is 1. The van der Waals surface area contributed by atoms with Gasteiger partial charge in [-0.3, -0.25) is 0 Å². The largest absolute Gasteiger partial charge is 0.491 e. The van der Waals surface area contributed by atoms with Gasteiger partial charge in [0.1, 0.15) is 30.3 Å². The predicted molar refractivity (Wildman–Crippen MR) is 113 cm³/mol. The monoisotopic (exact) mass is 440 g/mol. The van der Waals surface area contributed by atoms with Crippen LogP contribution in [0.2, 0.25) is 0 Å². The summed E-state index contributed by atoms with van der Waals surface area (Å²) < 4.78 is 29.0. The molecule has 0 heterocycles. The van der Waals surface area contributed by atoms with E-state index in [1.54, 1.807) is 7.05 Å². The van der Waals surface area contributed by atoms with Crippen molar-refractivity contribution in [2.24, 2.45) is 0 Å². The molecular weight excluding hydrogens is 415 g/mol. The maximum Gasteiger partial charge on any atom is 0.410 e. The van der Waals surface area contributed by atoms with E-state index in [1.807, 2.05) is 30.3 Å². The summed E-state index contributed by atoms with van der Waals surface area (Å²) in [4.78, 5) is 25.7. The highest BCUT2D eigenvalue weighted by Crippen LogP contribution is 2.20. The van der Waals surface area contributed by atoms with Gasteiger partial charge in [0.25, 0.3) is 0 Å². The fourth-order valence-electron chi connectivity index (χ4n) is 2.52. The number of nitrogens with zero attached hydrogens (tertiary/aromatic N) is 1. The van der Waals surface area contributed by atoms with Crippen LogP contribution in [-0.2, 0) is 16.1 Å². The first-order valence-corrected chi connectivity index (χ1v) is 9.16. The number of ether oxygens (including phenoxy) is 3. The minimum atomic E-state index is -0.700. The zero-order chi connectivity index (χ0) is 21.1. The van der Waals surface area contributed by atoms with Crippen molar-refractivity contribution in [1.82, 2.24) is 10.2 Å². The van der Waals surface area contributed by atoms with Crippen molar-refractivity contribution in [3.8, 4) is 5.75 Å². The molecule has 2 aromatic carbocycles. The molecule has 1 N–H and O–H groups in total. The predicted octanol–water partition coefficient (Wildman–Crippen LogP) is 3.27. The van der Waals surface area contributed by atoms with Crippen molar-refractivity contribution in [2.45, 2.75) is 6.61 Å². The standard InChI is InChI=1S/C21H25FN2O5.ClH/c1-23-10-11-24(21(26)29-15-16-6-4-3-5-7-16)12-13-28-19-9-8-17(22)14-18(19)20(25)27-2;/h3-9,14,23H,10-13,15H2,1-2H3;1H. The zero-order valence-corrected chi connectivity index (χ0v) is 17.7. The van der Waals surface area contributed by atoms with E-state index < -0.39 is 17.9 Å². The van der Waals surface area contributed by atoms with Crippen LogP contribution >= 0.6 is 12.4 Å². The molecule has 0 saturated heterocycles. The number of benzene rings is 2. The molecule has 0 aliphatic rings. The van der Waals surface area contributed by atoms with Gasteiger partial charge in [-0.1, -0.05) is 30.3 Å². The van der Waals surface area contributed by atoms with Crippen LogP contribution in [0.4, 0.5) is 9.18 Å². The summed E-state index contributed by atoms with van der Waals surface area (Å²) >= 11 is 0. The van der Waals surface area contributed by atoms with Crippen molar-refractivity contribution in [3.63, 3.8) is 0 Å². The minimum Gasteiger partial charge on any atom is -0.491 e. The molecule has 0 aliphatic carbocycles. The summed E-state index contributed by atoms with van der Waals surface area (Å²) in [6.07, 6.45) is -0.472. The van der Waals surface area contributed by atoms with Gasteiger partial charge in [-0.05, 0) is 30.8 Å². The summed E-state index contributed by atoms with van der Waals surface area (Å²) in [5, 5.41) is 2.98. The molecule has 0 unspecified atom stereocenters. The average molecular weight is 441 g/mol. The van der Waals surface area contributed by atoms with E-state index in [-0.39, 0.29) is 43.5 Å². The summed E-state index contributed by atoms with van der Waals surface area (Å²) in [6.45, 7) is 1.49.